The number of carbonyl (C=O) groups is 1. The van der Waals surface area contributed by atoms with Crippen molar-refractivity contribution in [2.45, 2.75) is 64.0 Å². The maximum absolute atomic E-state index is 12.2. The largest absolute Gasteiger partial charge is 0.481 e. The lowest BCUT2D eigenvalue weighted by Gasteiger charge is -2.24. The maximum atomic E-state index is 12.2. The van der Waals surface area contributed by atoms with E-state index in [1.807, 2.05) is 13.8 Å². The number of sulfonamides is 1. The second-order valence-corrected chi connectivity index (χ2v) is 8.29. The van der Waals surface area contributed by atoms with Gasteiger partial charge in [0.15, 0.2) is 0 Å². The van der Waals surface area contributed by atoms with E-state index in [1.165, 1.54) is 0 Å². The van der Waals surface area contributed by atoms with Crippen LogP contribution in [0.4, 0.5) is 0 Å². The van der Waals surface area contributed by atoms with Gasteiger partial charge in [0.05, 0.1) is 5.25 Å². The van der Waals surface area contributed by atoms with Crippen molar-refractivity contribution in [3.8, 4) is 0 Å². The van der Waals surface area contributed by atoms with E-state index in [4.69, 9.17) is 5.11 Å². The number of rotatable bonds is 8. The number of carboxylic acid groups (broad SMARTS) is 1. The molecule has 1 aliphatic carbocycles. The summed E-state index contributed by atoms with van der Waals surface area (Å²) >= 11 is 0. The van der Waals surface area contributed by atoms with Gasteiger partial charge in [0.2, 0.25) is 10.0 Å². The fourth-order valence-corrected chi connectivity index (χ4v) is 4.54. The molecule has 1 aliphatic rings. The third-order valence-electron chi connectivity index (χ3n) is 3.83. The molecule has 0 aromatic heterocycles. The Morgan fingerprint density at radius 3 is 2.35 bits per heavy atom. The molecule has 0 aromatic rings. The molecule has 0 aliphatic heterocycles. The van der Waals surface area contributed by atoms with Gasteiger partial charge in [-0.3, -0.25) is 4.79 Å². The van der Waals surface area contributed by atoms with Crippen LogP contribution in [-0.2, 0) is 14.8 Å². The second kappa shape index (κ2) is 7.98. The van der Waals surface area contributed by atoms with Gasteiger partial charge in [0.25, 0.3) is 0 Å². The van der Waals surface area contributed by atoms with Crippen molar-refractivity contribution in [2.75, 3.05) is 6.54 Å². The van der Waals surface area contributed by atoms with Gasteiger partial charge in [0.1, 0.15) is 0 Å². The van der Waals surface area contributed by atoms with Gasteiger partial charge in [0, 0.05) is 13.0 Å². The lowest BCUT2D eigenvalue weighted by atomic mass is 9.94. The van der Waals surface area contributed by atoms with E-state index in [0.29, 0.717) is 5.92 Å². The molecule has 5 nitrogen and oxygen atoms in total. The fourth-order valence-electron chi connectivity index (χ4n) is 2.88. The predicted octanol–water partition coefficient (Wildman–Crippen LogP) is 2.38. The van der Waals surface area contributed by atoms with Crippen LogP contribution in [0.2, 0.25) is 0 Å². The van der Waals surface area contributed by atoms with Crippen LogP contribution in [0, 0.1) is 11.8 Å². The molecule has 1 unspecified atom stereocenters. The SMILES string of the molecule is CC(C)CC(CNS(=O)(=O)C1CCCCC1)CC(=O)O. The maximum Gasteiger partial charge on any atom is 0.303 e. The fraction of sp³-hybridized carbons (Fsp3) is 0.929. The molecular formula is C14H27NO4S. The van der Waals surface area contributed by atoms with Gasteiger partial charge < -0.3 is 5.11 Å². The standard InChI is InChI=1S/C14H27NO4S/c1-11(2)8-12(9-14(16)17)10-15-20(18,19)13-6-4-3-5-7-13/h11-13,15H,3-10H2,1-2H3,(H,16,17). The number of hydrogen-bond donors (Lipinski definition) is 2. The molecule has 1 atom stereocenters. The molecule has 0 radical (unpaired) electrons. The minimum Gasteiger partial charge on any atom is -0.481 e. The van der Waals surface area contributed by atoms with Crippen LogP contribution in [0.3, 0.4) is 0 Å². The zero-order chi connectivity index (χ0) is 15.2. The predicted molar refractivity (Wildman–Crippen MR) is 79.0 cm³/mol. The average molecular weight is 305 g/mol. The Labute approximate surface area is 122 Å². The Bertz CT molecular complexity index is 399. The molecule has 0 aromatic carbocycles. The van der Waals surface area contributed by atoms with Crippen molar-refractivity contribution in [3.05, 3.63) is 0 Å². The van der Waals surface area contributed by atoms with Crippen molar-refractivity contribution >= 4 is 16.0 Å². The Balaban J connectivity index is 2.53. The second-order valence-electron chi connectivity index (χ2n) is 6.25. The molecule has 0 heterocycles. The summed E-state index contributed by atoms with van der Waals surface area (Å²) in [6.45, 7) is 4.28. The van der Waals surface area contributed by atoms with E-state index in [9.17, 15) is 13.2 Å². The Hall–Kier alpha value is -0.620. The highest BCUT2D eigenvalue weighted by molar-refractivity contribution is 7.90. The van der Waals surface area contributed by atoms with Crippen molar-refractivity contribution in [1.82, 2.24) is 4.72 Å². The van der Waals surface area contributed by atoms with Crippen LogP contribution in [0.5, 0.6) is 0 Å². The van der Waals surface area contributed by atoms with Crippen LogP contribution >= 0.6 is 0 Å². The quantitative estimate of drug-likeness (QED) is 0.721. The van der Waals surface area contributed by atoms with Crippen molar-refractivity contribution in [1.29, 1.82) is 0 Å². The average Bonchev–Trinajstić information content (AvgIpc) is 2.36. The zero-order valence-corrected chi connectivity index (χ0v) is 13.3. The Morgan fingerprint density at radius 2 is 1.85 bits per heavy atom. The molecular weight excluding hydrogens is 278 g/mol. The van der Waals surface area contributed by atoms with Crippen molar-refractivity contribution in [2.24, 2.45) is 11.8 Å². The molecule has 1 rings (SSSR count). The summed E-state index contributed by atoms with van der Waals surface area (Å²) in [6.07, 6.45) is 5.24. The highest BCUT2D eigenvalue weighted by Gasteiger charge is 2.28. The minimum absolute atomic E-state index is 0.0192. The van der Waals surface area contributed by atoms with E-state index in [-0.39, 0.29) is 24.1 Å². The summed E-state index contributed by atoms with van der Waals surface area (Å²) in [5.41, 5.74) is 0. The Kier molecular flexibility index (Phi) is 6.95. The summed E-state index contributed by atoms with van der Waals surface area (Å²) in [6, 6.07) is 0. The molecule has 1 saturated carbocycles. The molecule has 0 spiro atoms. The van der Waals surface area contributed by atoms with E-state index in [1.54, 1.807) is 0 Å². The summed E-state index contributed by atoms with van der Waals surface area (Å²) < 4.78 is 27.1. The lowest BCUT2D eigenvalue weighted by molar-refractivity contribution is -0.138. The van der Waals surface area contributed by atoms with Gasteiger partial charge in [-0.1, -0.05) is 33.1 Å². The first-order valence-corrected chi connectivity index (χ1v) is 9.06. The summed E-state index contributed by atoms with van der Waals surface area (Å²) in [4.78, 5) is 10.8. The van der Waals surface area contributed by atoms with Gasteiger partial charge in [-0.15, -0.1) is 0 Å². The summed E-state index contributed by atoms with van der Waals surface area (Å²) in [5, 5.41) is 8.61. The first-order chi connectivity index (χ1) is 9.31. The summed E-state index contributed by atoms with van der Waals surface area (Å²) in [5.74, 6) is -0.642. The van der Waals surface area contributed by atoms with Crippen LogP contribution < -0.4 is 4.72 Å². The number of nitrogens with one attached hydrogen (secondary N) is 1. The van der Waals surface area contributed by atoms with Gasteiger partial charge in [-0.05, 0) is 31.1 Å². The first kappa shape index (κ1) is 17.4. The monoisotopic (exact) mass is 305 g/mol. The Morgan fingerprint density at radius 1 is 1.25 bits per heavy atom. The number of hydrogen-bond acceptors (Lipinski definition) is 3. The molecule has 20 heavy (non-hydrogen) atoms. The van der Waals surface area contributed by atoms with Crippen molar-refractivity contribution < 1.29 is 18.3 Å². The van der Waals surface area contributed by atoms with E-state index in [0.717, 1.165) is 38.5 Å². The van der Waals surface area contributed by atoms with Gasteiger partial charge >= 0.3 is 5.97 Å². The normalized spacial score (nSPS) is 19.1. The third-order valence-corrected chi connectivity index (χ3v) is 5.75. The third kappa shape index (κ3) is 6.22. The number of carboxylic acids is 1. The molecule has 118 valence electrons. The molecule has 2 N–H and O–H groups in total. The molecule has 0 saturated heterocycles. The topological polar surface area (TPSA) is 83.5 Å². The van der Waals surface area contributed by atoms with Crippen LogP contribution in [-0.4, -0.2) is 31.3 Å². The zero-order valence-electron chi connectivity index (χ0n) is 12.5. The smallest absolute Gasteiger partial charge is 0.303 e. The van der Waals surface area contributed by atoms with E-state index >= 15 is 0 Å². The number of aliphatic carboxylic acids is 1. The summed E-state index contributed by atoms with van der Waals surface area (Å²) in [7, 11) is -3.29. The minimum atomic E-state index is -3.29. The van der Waals surface area contributed by atoms with Crippen LogP contribution in [0.25, 0.3) is 0 Å². The van der Waals surface area contributed by atoms with E-state index < -0.39 is 16.0 Å². The van der Waals surface area contributed by atoms with Crippen molar-refractivity contribution in [3.63, 3.8) is 0 Å². The molecule has 0 bridgehead atoms. The first-order valence-electron chi connectivity index (χ1n) is 7.51. The molecule has 6 heteroatoms. The van der Waals surface area contributed by atoms with Crippen LogP contribution in [0.15, 0.2) is 0 Å². The molecule has 0 amide bonds. The molecule has 1 fully saturated rings. The lowest BCUT2D eigenvalue weighted by Crippen LogP contribution is -2.38. The van der Waals surface area contributed by atoms with Gasteiger partial charge in [-0.25, -0.2) is 13.1 Å². The van der Waals surface area contributed by atoms with Crippen LogP contribution in [0.1, 0.15) is 58.8 Å². The van der Waals surface area contributed by atoms with Gasteiger partial charge in [-0.2, -0.15) is 0 Å². The van der Waals surface area contributed by atoms with E-state index in [2.05, 4.69) is 4.72 Å². The highest BCUT2D eigenvalue weighted by atomic mass is 32.2. The highest BCUT2D eigenvalue weighted by Crippen LogP contribution is 2.23.